The van der Waals surface area contributed by atoms with Gasteiger partial charge in [0.25, 0.3) is 11.1 Å². The highest BCUT2D eigenvalue weighted by molar-refractivity contribution is 7.99. The summed E-state index contributed by atoms with van der Waals surface area (Å²) in [5.41, 5.74) is 1.05. The Morgan fingerprint density at radius 3 is 2.34 bits per heavy atom. The van der Waals surface area contributed by atoms with Gasteiger partial charge in [-0.2, -0.15) is 0 Å². The van der Waals surface area contributed by atoms with Crippen LogP contribution in [0.2, 0.25) is 0 Å². The monoisotopic (exact) mass is 450 g/mol. The molecule has 4 aromatic rings. The fourth-order valence-corrected chi connectivity index (χ4v) is 4.48. The number of aromatic amines is 1. The first-order valence-electron chi connectivity index (χ1n) is 10.7. The highest BCUT2D eigenvalue weighted by Crippen LogP contribution is 2.32. The molecule has 0 spiro atoms. The molecule has 2 aromatic carbocycles. The van der Waals surface area contributed by atoms with Crippen molar-refractivity contribution in [1.29, 1.82) is 0 Å². The zero-order valence-corrected chi connectivity index (χ0v) is 19.2. The van der Waals surface area contributed by atoms with Gasteiger partial charge in [-0.15, -0.1) is 0 Å². The van der Waals surface area contributed by atoms with Crippen molar-refractivity contribution in [1.82, 2.24) is 19.5 Å². The molecule has 0 saturated heterocycles. The molecule has 166 valence electrons. The van der Waals surface area contributed by atoms with Gasteiger partial charge in [-0.3, -0.25) is 14.2 Å². The lowest BCUT2D eigenvalue weighted by Crippen LogP contribution is -2.24. The van der Waals surface area contributed by atoms with Gasteiger partial charge in [0.2, 0.25) is 0 Å². The van der Waals surface area contributed by atoms with E-state index in [1.807, 2.05) is 57.2 Å². The minimum atomic E-state index is -0.210. The normalized spacial score (nSPS) is 12.6. The van der Waals surface area contributed by atoms with E-state index in [4.69, 9.17) is 9.72 Å². The third kappa shape index (κ3) is 4.76. The Labute approximate surface area is 189 Å². The number of ether oxygens (including phenoxy) is 1. The first kappa shape index (κ1) is 22.2. The highest BCUT2D eigenvalue weighted by Gasteiger charge is 2.18. The Balaban J connectivity index is 1.68. The molecule has 32 heavy (non-hydrogen) atoms. The van der Waals surface area contributed by atoms with Crippen LogP contribution in [0.3, 0.4) is 0 Å². The van der Waals surface area contributed by atoms with E-state index in [1.165, 1.54) is 11.8 Å². The van der Waals surface area contributed by atoms with Gasteiger partial charge >= 0.3 is 0 Å². The second-order valence-electron chi connectivity index (χ2n) is 7.87. The van der Waals surface area contributed by atoms with Crippen molar-refractivity contribution in [2.45, 2.75) is 50.2 Å². The zero-order chi connectivity index (χ0) is 22.7. The van der Waals surface area contributed by atoms with Crippen LogP contribution < -0.4 is 11.1 Å². The van der Waals surface area contributed by atoms with Crippen LogP contribution in [0.4, 0.5) is 0 Å². The van der Waals surface area contributed by atoms with Crippen molar-refractivity contribution in [3.8, 4) is 0 Å². The summed E-state index contributed by atoms with van der Waals surface area (Å²) in [6.07, 6.45) is 0.844. The van der Waals surface area contributed by atoms with E-state index in [9.17, 15) is 9.59 Å². The van der Waals surface area contributed by atoms with Crippen LogP contribution in [0.1, 0.15) is 38.3 Å². The fourth-order valence-electron chi connectivity index (χ4n) is 3.49. The molecule has 1 atom stereocenters. The first-order valence-corrected chi connectivity index (χ1v) is 11.6. The number of fused-ring (bicyclic) bond motifs is 2. The molecule has 0 aliphatic rings. The van der Waals surface area contributed by atoms with Gasteiger partial charge in [0.05, 0.1) is 33.2 Å². The molecule has 1 N–H and O–H groups in total. The standard InChI is InChI=1S/C24H26N4O3S/c1-15(2)31-14-8-13-28-23(30)18-10-5-7-12-20(18)26-24(28)32-16(3)21-25-19-11-6-4-9-17(19)22(29)27-21/h4-7,9-12,15-16H,8,13-14H2,1-3H3,(H,25,27,29). The Bertz CT molecular complexity index is 1360. The quantitative estimate of drug-likeness (QED) is 0.245. The summed E-state index contributed by atoms with van der Waals surface area (Å²) in [4.78, 5) is 38.0. The SMILES string of the molecule is CC(C)OCCCn1c(SC(C)c2nc3ccccc3c(=O)[nH]2)nc2ccccc2c1=O. The Morgan fingerprint density at radius 2 is 1.62 bits per heavy atom. The van der Waals surface area contributed by atoms with Crippen molar-refractivity contribution in [2.75, 3.05) is 6.61 Å². The molecular formula is C24H26N4O3S. The number of aromatic nitrogens is 4. The van der Waals surface area contributed by atoms with Crippen LogP contribution in [0.5, 0.6) is 0 Å². The van der Waals surface area contributed by atoms with Gasteiger partial charge < -0.3 is 9.72 Å². The van der Waals surface area contributed by atoms with Crippen LogP contribution in [-0.4, -0.2) is 32.2 Å². The maximum Gasteiger partial charge on any atom is 0.262 e. The van der Waals surface area contributed by atoms with Crippen LogP contribution in [0.25, 0.3) is 21.8 Å². The number of nitrogens with one attached hydrogen (secondary N) is 1. The number of para-hydroxylation sites is 2. The molecule has 0 bridgehead atoms. The van der Waals surface area contributed by atoms with Crippen molar-refractivity contribution >= 4 is 33.6 Å². The molecule has 0 fully saturated rings. The van der Waals surface area contributed by atoms with E-state index in [2.05, 4.69) is 9.97 Å². The summed E-state index contributed by atoms with van der Waals surface area (Å²) in [6, 6.07) is 14.6. The predicted octanol–water partition coefficient (Wildman–Crippen LogP) is 4.30. The van der Waals surface area contributed by atoms with Gasteiger partial charge in [0.1, 0.15) is 5.82 Å². The largest absolute Gasteiger partial charge is 0.379 e. The lowest BCUT2D eigenvalue weighted by atomic mass is 10.2. The van der Waals surface area contributed by atoms with Gasteiger partial charge in [-0.25, -0.2) is 9.97 Å². The summed E-state index contributed by atoms with van der Waals surface area (Å²) in [6.45, 7) is 7.00. The Hall–Kier alpha value is -2.97. The van der Waals surface area contributed by atoms with E-state index in [0.29, 0.717) is 52.4 Å². The number of rotatable bonds is 8. The van der Waals surface area contributed by atoms with Crippen LogP contribution in [0, 0.1) is 0 Å². The van der Waals surface area contributed by atoms with Gasteiger partial charge in [0, 0.05) is 13.2 Å². The van der Waals surface area contributed by atoms with E-state index in [0.717, 1.165) is 0 Å². The van der Waals surface area contributed by atoms with E-state index in [1.54, 1.807) is 16.7 Å². The lowest BCUT2D eigenvalue weighted by molar-refractivity contribution is 0.0743. The molecule has 8 heteroatoms. The molecule has 1 unspecified atom stereocenters. The predicted molar refractivity (Wildman–Crippen MR) is 128 cm³/mol. The highest BCUT2D eigenvalue weighted by atomic mass is 32.2. The molecule has 0 saturated carbocycles. The minimum absolute atomic E-state index is 0.0742. The van der Waals surface area contributed by atoms with E-state index < -0.39 is 0 Å². The number of benzene rings is 2. The third-order valence-electron chi connectivity index (χ3n) is 5.10. The number of nitrogens with zero attached hydrogens (tertiary/aromatic N) is 3. The fraction of sp³-hybridized carbons (Fsp3) is 0.333. The van der Waals surface area contributed by atoms with Crippen molar-refractivity contribution in [3.05, 3.63) is 75.1 Å². The maximum absolute atomic E-state index is 13.2. The molecule has 2 aromatic heterocycles. The topological polar surface area (TPSA) is 89.9 Å². The molecule has 2 heterocycles. The second kappa shape index (κ2) is 9.67. The van der Waals surface area contributed by atoms with Gasteiger partial charge in [-0.05, 0) is 51.5 Å². The summed E-state index contributed by atoms with van der Waals surface area (Å²) in [7, 11) is 0. The Morgan fingerprint density at radius 1 is 0.969 bits per heavy atom. The Kier molecular flexibility index (Phi) is 6.72. The summed E-state index contributed by atoms with van der Waals surface area (Å²) >= 11 is 1.41. The first-order chi connectivity index (χ1) is 15.4. The third-order valence-corrected chi connectivity index (χ3v) is 6.20. The average Bonchev–Trinajstić information content (AvgIpc) is 2.78. The zero-order valence-electron chi connectivity index (χ0n) is 18.4. The van der Waals surface area contributed by atoms with Crippen molar-refractivity contribution in [2.24, 2.45) is 0 Å². The number of hydrogen-bond donors (Lipinski definition) is 1. The van der Waals surface area contributed by atoms with Crippen molar-refractivity contribution < 1.29 is 4.74 Å². The molecule has 7 nitrogen and oxygen atoms in total. The van der Waals surface area contributed by atoms with Crippen LogP contribution in [0.15, 0.2) is 63.3 Å². The molecule has 0 amide bonds. The smallest absolute Gasteiger partial charge is 0.262 e. The molecule has 4 rings (SSSR count). The van der Waals surface area contributed by atoms with Crippen LogP contribution in [-0.2, 0) is 11.3 Å². The number of H-pyrrole nitrogens is 1. The lowest BCUT2D eigenvalue weighted by Gasteiger charge is -2.16. The number of thioether (sulfide) groups is 1. The summed E-state index contributed by atoms with van der Waals surface area (Å²) < 4.78 is 7.34. The molecule has 0 aliphatic carbocycles. The van der Waals surface area contributed by atoms with E-state index in [-0.39, 0.29) is 22.5 Å². The summed E-state index contributed by atoms with van der Waals surface area (Å²) in [5, 5.41) is 1.53. The minimum Gasteiger partial charge on any atom is -0.379 e. The number of hydrogen-bond acceptors (Lipinski definition) is 6. The van der Waals surface area contributed by atoms with Gasteiger partial charge in [-0.1, -0.05) is 36.0 Å². The van der Waals surface area contributed by atoms with E-state index >= 15 is 0 Å². The van der Waals surface area contributed by atoms with Gasteiger partial charge in [0.15, 0.2) is 5.16 Å². The van der Waals surface area contributed by atoms with Crippen LogP contribution >= 0.6 is 11.8 Å². The average molecular weight is 451 g/mol. The maximum atomic E-state index is 13.2. The summed E-state index contributed by atoms with van der Waals surface area (Å²) in [5.74, 6) is 0.552. The molecule has 0 radical (unpaired) electrons. The molecule has 0 aliphatic heterocycles. The van der Waals surface area contributed by atoms with Crippen molar-refractivity contribution in [3.63, 3.8) is 0 Å². The molecular weight excluding hydrogens is 424 g/mol. The second-order valence-corrected chi connectivity index (χ2v) is 9.18.